The monoisotopic (exact) mass is 208 g/mol. The molecule has 0 amide bonds. The third kappa shape index (κ3) is 3.36. The Labute approximate surface area is 89.7 Å². The molecular formula is C12H16O3. The normalized spacial score (nSPS) is 14.3. The first-order valence-electron chi connectivity index (χ1n) is 5.00. The van der Waals surface area contributed by atoms with E-state index in [-0.39, 0.29) is 13.0 Å². The van der Waals surface area contributed by atoms with E-state index in [4.69, 9.17) is 4.74 Å². The van der Waals surface area contributed by atoms with Crippen LogP contribution in [0.3, 0.4) is 0 Å². The minimum atomic E-state index is -1.45. The van der Waals surface area contributed by atoms with Crippen molar-refractivity contribution in [2.45, 2.75) is 25.9 Å². The average Bonchev–Trinajstić information content (AvgIpc) is 2.19. The first kappa shape index (κ1) is 11.7. The van der Waals surface area contributed by atoms with Crippen LogP contribution in [0, 0.1) is 0 Å². The highest BCUT2D eigenvalue weighted by Gasteiger charge is 2.31. The molecule has 0 bridgehead atoms. The molecule has 1 aromatic rings. The molecule has 0 radical (unpaired) electrons. The number of carbonyl (C=O) groups is 1. The van der Waals surface area contributed by atoms with Gasteiger partial charge in [-0.05, 0) is 19.4 Å². The summed E-state index contributed by atoms with van der Waals surface area (Å²) in [6.45, 7) is 3.47. The minimum absolute atomic E-state index is 0.271. The Morgan fingerprint density at radius 1 is 1.40 bits per heavy atom. The number of esters is 1. The van der Waals surface area contributed by atoms with Crippen LogP contribution in [0.5, 0.6) is 0 Å². The van der Waals surface area contributed by atoms with Gasteiger partial charge in [-0.2, -0.15) is 0 Å². The van der Waals surface area contributed by atoms with Crippen molar-refractivity contribution in [2.24, 2.45) is 0 Å². The Morgan fingerprint density at radius 2 is 2.00 bits per heavy atom. The first-order valence-corrected chi connectivity index (χ1v) is 5.00. The molecule has 1 rings (SSSR count). The van der Waals surface area contributed by atoms with E-state index in [1.165, 1.54) is 6.92 Å². The molecule has 0 fully saturated rings. The molecule has 0 aliphatic heterocycles. The second-order valence-corrected chi connectivity index (χ2v) is 3.66. The molecule has 0 aromatic heterocycles. The highest BCUT2D eigenvalue weighted by Crippen LogP contribution is 2.14. The van der Waals surface area contributed by atoms with Gasteiger partial charge in [0.2, 0.25) is 0 Å². The highest BCUT2D eigenvalue weighted by atomic mass is 16.5. The summed E-state index contributed by atoms with van der Waals surface area (Å²) >= 11 is 0. The van der Waals surface area contributed by atoms with E-state index in [0.29, 0.717) is 0 Å². The Balaban J connectivity index is 2.68. The summed E-state index contributed by atoms with van der Waals surface area (Å²) in [6, 6.07) is 9.37. The lowest BCUT2D eigenvalue weighted by atomic mass is 9.97. The Morgan fingerprint density at radius 3 is 2.53 bits per heavy atom. The van der Waals surface area contributed by atoms with Crippen LogP contribution >= 0.6 is 0 Å². The molecule has 1 N–H and O–H groups in total. The van der Waals surface area contributed by atoms with Gasteiger partial charge in [0.15, 0.2) is 5.60 Å². The van der Waals surface area contributed by atoms with Gasteiger partial charge in [-0.3, -0.25) is 0 Å². The number of benzene rings is 1. The van der Waals surface area contributed by atoms with E-state index in [9.17, 15) is 9.90 Å². The van der Waals surface area contributed by atoms with Gasteiger partial charge in [0.25, 0.3) is 0 Å². The van der Waals surface area contributed by atoms with E-state index >= 15 is 0 Å². The number of rotatable bonds is 4. The van der Waals surface area contributed by atoms with E-state index in [2.05, 4.69) is 0 Å². The summed E-state index contributed by atoms with van der Waals surface area (Å²) in [5.74, 6) is -0.575. The number of aliphatic hydroxyl groups is 1. The number of hydrogen-bond acceptors (Lipinski definition) is 3. The quantitative estimate of drug-likeness (QED) is 0.763. The maximum atomic E-state index is 11.4. The lowest BCUT2D eigenvalue weighted by Crippen LogP contribution is -2.39. The van der Waals surface area contributed by atoms with Crippen LogP contribution in [0.2, 0.25) is 0 Å². The molecule has 0 saturated heterocycles. The maximum absolute atomic E-state index is 11.4. The molecule has 3 nitrogen and oxygen atoms in total. The number of carbonyl (C=O) groups excluding carboxylic acids is 1. The van der Waals surface area contributed by atoms with Gasteiger partial charge >= 0.3 is 5.97 Å². The fourth-order valence-electron chi connectivity index (χ4n) is 1.35. The molecule has 15 heavy (non-hydrogen) atoms. The zero-order valence-corrected chi connectivity index (χ0v) is 9.06. The van der Waals surface area contributed by atoms with Gasteiger partial charge in [-0.15, -0.1) is 0 Å². The first-order chi connectivity index (χ1) is 7.06. The van der Waals surface area contributed by atoms with E-state index in [1.807, 2.05) is 30.3 Å². The van der Waals surface area contributed by atoms with Crippen LogP contribution in [0.15, 0.2) is 30.3 Å². The number of ether oxygens (including phenoxy) is 1. The summed E-state index contributed by atoms with van der Waals surface area (Å²) in [6.07, 6.45) is 0.271. The van der Waals surface area contributed by atoms with Crippen LogP contribution in [0.1, 0.15) is 19.4 Å². The van der Waals surface area contributed by atoms with Gasteiger partial charge in [0, 0.05) is 6.42 Å². The van der Waals surface area contributed by atoms with Crippen molar-refractivity contribution in [3.8, 4) is 0 Å². The average molecular weight is 208 g/mol. The molecule has 0 aliphatic rings. The topological polar surface area (TPSA) is 46.5 Å². The minimum Gasteiger partial charge on any atom is -0.464 e. The molecule has 0 heterocycles. The van der Waals surface area contributed by atoms with Gasteiger partial charge in [0.05, 0.1) is 6.61 Å². The predicted octanol–water partition coefficient (Wildman–Crippen LogP) is 1.54. The fourth-order valence-corrected chi connectivity index (χ4v) is 1.35. The van der Waals surface area contributed by atoms with E-state index in [1.54, 1.807) is 6.92 Å². The lowest BCUT2D eigenvalue weighted by molar-refractivity contribution is -0.162. The lowest BCUT2D eigenvalue weighted by Gasteiger charge is -2.20. The van der Waals surface area contributed by atoms with Crippen molar-refractivity contribution >= 4 is 5.97 Å². The van der Waals surface area contributed by atoms with Gasteiger partial charge < -0.3 is 9.84 Å². The summed E-state index contributed by atoms with van der Waals surface area (Å²) in [4.78, 5) is 11.4. The zero-order chi connectivity index (χ0) is 11.3. The van der Waals surface area contributed by atoms with Crippen LogP contribution in [0.4, 0.5) is 0 Å². The Bertz CT molecular complexity index is 317. The van der Waals surface area contributed by atoms with Crippen LogP contribution in [-0.4, -0.2) is 23.3 Å². The summed E-state index contributed by atoms with van der Waals surface area (Å²) in [5, 5.41) is 9.89. The standard InChI is InChI=1S/C12H16O3/c1-3-15-11(13)12(2,14)9-10-7-5-4-6-8-10/h4-8,14H,3,9H2,1-2H3/t12-/m1/s1. The second kappa shape index (κ2) is 4.94. The zero-order valence-electron chi connectivity index (χ0n) is 9.06. The summed E-state index contributed by atoms with van der Waals surface area (Å²) in [7, 11) is 0. The second-order valence-electron chi connectivity index (χ2n) is 3.66. The molecule has 3 heteroatoms. The van der Waals surface area contributed by atoms with Crippen molar-refractivity contribution in [1.82, 2.24) is 0 Å². The van der Waals surface area contributed by atoms with Crippen molar-refractivity contribution in [2.75, 3.05) is 6.61 Å². The van der Waals surface area contributed by atoms with Crippen molar-refractivity contribution in [3.05, 3.63) is 35.9 Å². The van der Waals surface area contributed by atoms with Crippen molar-refractivity contribution in [1.29, 1.82) is 0 Å². The molecule has 0 aliphatic carbocycles. The third-order valence-corrected chi connectivity index (χ3v) is 2.11. The van der Waals surface area contributed by atoms with E-state index < -0.39 is 11.6 Å². The molecule has 82 valence electrons. The predicted molar refractivity (Wildman–Crippen MR) is 57.4 cm³/mol. The Kier molecular flexibility index (Phi) is 3.86. The molecule has 1 atom stereocenters. The van der Waals surface area contributed by atoms with Gasteiger partial charge in [-0.1, -0.05) is 30.3 Å². The molecule has 1 aromatic carbocycles. The van der Waals surface area contributed by atoms with Crippen molar-refractivity contribution < 1.29 is 14.6 Å². The summed E-state index contributed by atoms with van der Waals surface area (Å²) in [5.41, 5.74) is -0.535. The van der Waals surface area contributed by atoms with E-state index in [0.717, 1.165) is 5.56 Å². The smallest absolute Gasteiger partial charge is 0.338 e. The molecular weight excluding hydrogens is 192 g/mol. The Hall–Kier alpha value is -1.35. The van der Waals surface area contributed by atoms with Crippen molar-refractivity contribution in [3.63, 3.8) is 0 Å². The van der Waals surface area contributed by atoms with Crippen LogP contribution in [0.25, 0.3) is 0 Å². The molecule has 0 unspecified atom stereocenters. The fraction of sp³-hybridized carbons (Fsp3) is 0.417. The summed E-state index contributed by atoms with van der Waals surface area (Å²) < 4.78 is 4.79. The largest absolute Gasteiger partial charge is 0.464 e. The number of hydrogen-bond donors (Lipinski definition) is 1. The van der Waals surface area contributed by atoms with Gasteiger partial charge in [-0.25, -0.2) is 4.79 Å². The van der Waals surface area contributed by atoms with Crippen LogP contribution < -0.4 is 0 Å². The molecule has 0 saturated carbocycles. The highest BCUT2D eigenvalue weighted by molar-refractivity contribution is 5.79. The van der Waals surface area contributed by atoms with Gasteiger partial charge in [0.1, 0.15) is 0 Å². The molecule has 0 spiro atoms. The SMILES string of the molecule is CCOC(=O)[C@](C)(O)Cc1ccccc1. The maximum Gasteiger partial charge on any atom is 0.338 e. The third-order valence-electron chi connectivity index (χ3n) is 2.11. The van der Waals surface area contributed by atoms with Crippen LogP contribution in [-0.2, 0) is 16.0 Å².